The van der Waals surface area contributed by atoms with Gasteiger partial charge in [-0.25, -0.2) is 4.98 Å². The van der Waals surface area contributed by atoms with Gasteiger partial charge in [-0.05, 0) is 51.1 Å². The number of aliphatic imine (C=N–C) groups is 1. The Bertz CT molecular complexity index is 1010. The number of halogens is 3. The molecule has 3 rings (SSSR count). The Morgan fingerprint density at radius 3 is 2.52 bits per heavy atom. The first-order chi connectivity index (χ1) is 14.4. The molecule has 0 bridgehead atoms. The number of nitrogens with two attached hydrogens (primary N) is 1. The molecule has 2 heterocycles. The van der Waals surface area contributed by atoms with E-state index in [1.807, 2.05) is 25.7 Å². The number of aromatic hydroxyl groups is 1. The van der Waals surface area contributed by atoms with Crippen molar-refractivity contribution in [3.05, 3.63) is 41.5 Å². The van der Waals surface area contributed by atoms with Gasteiger partial charge in [-0.3, -0.25) is 9.79 Å². The standard InChI is InChI=1S/C22H25F3N4O2/c1-21(2,3)29-12-13(8-19(29)31)10-27-11-14-4-7-17(28-20(14)26)16-6-5-15(9-18(16)30)22(23,24)25/h4-7,9,11,13,30H,8,10,12H2,1-3H3,(H2,26,28). The molecular formula is C22H25F3N4O2. The molecule has 1 unspecified atom stereocenters. The minimum atomic E-state index is -4.55. The van der Waals surface area contributed by atoms with Crippen LogP contribution in [-0.4, -0.2) is 45.7 Å². The molecular weight excluding hydrogens is 409 g/mol. The van der Waals surface area contributed by atoms with Crippen molar-refractivity contribution < 1.29 is 23.1 Å². The summed E-state index contributed by atoms with van der Waals surface area (Å²) >= 11 is 0. The lowest BCUT2D eigenvalue weighted by Gasteiger charge is -2.32. The highest BCUT2D eigenvalue weighted by Crippen LogP contribution is 2.36. The van der Waals surface area contributed by atoms with Crippen LogP contribution in [0.1, 0.15) is 38.3 Å². The number of hydrogen-bond donors (Lipinski definition) is 2. The minimum Gasteiger partial charge on any atom is -0.507 e. The Labute approximate surface area is 178 Å². The van der Waals surface area contributed by atoms with Crippen LogP contribution in [0.25, 0.3) is 11.3 Å². The number of likely N-dealkylation sites (tertiary alicyclic amines) is 1. The molecule has 1 aromatic heterocycles. The van der Waals surface area contributed by atoms with Gasteiger partial charge in [-0.2, -0.15) is 13.2 Å². The topological polar surface area (TPSA) is 91.8 Å². The highest BCUT2D eigenvalue weighted by Gasteiger charge is 2.35. The number of phenols is 1. The van der Waals surface area contributed by atoms with Gasteiger partial charge in [0.05, 0.1) is 11.3 Å². The van der Waals surface area contributed by atoms with Crippen molar-refractivity contribution >= 4 is 17.9 Å². The smallest absolute Gasteiger partial charge is 0.416 e. The average Bonchev–Trinajstić information content (AvgIpc) is 3.03. The van der Waals surface area contributed by atoms with Gasteiger partial charge >= 0.3 is 6.18 Å². The van der Waals surface area contributed by atoms with Gasteiger partial charge in [0.25, 0.3) is 0 Å². The summed E-state index contributed by atoms with van der Waals surface area (Å²) in [6.45, 7) is 7.12. The second-order valence-corrected chi connectivity index (χ2v) is 8.64. The molecule has 9 heteroatoms. The Hall–Kier alpha value is -3.10. The summed E-state index contributed by atoms with van der Waals surface area (Å²) in [5, 5.41) is 9.99. The highest BCUT2D eigenvalue weighted by atomic mass is 19.4. The zero-order valence-electron chi connectivity index (χ0n) is 17.6. The van der Waals surface area contributed by atoms with Crippen molar-refractivity contribution in [2.24, 2.45) is 10.9 Å². The number of benzene rings is 1. The van der Waals surface area contributed by atoms with Crippen LogP contribution in [0.4, 0.5) is 19.0 Å². The Morgan fingerprint density at radius 2 is 1.97 bits per heavy atom. The quantitative estimate of drug-likeness (QED) is 0.708. The van der Waals surface area contributed by atoms with E-state index in [-0.39, 0.29) is 34.4 Å². The number of hydrogen-bond acceptors (Lipinski definition) is 5. The fourth-order valence-electron chi connectivity index (χ4n) is 3.52. The molecule has 1 amide bonds. The summed E-state index contributed by atoms with van der Waals surface area (Å²) in [5.74, 6) is -0.146. The maximum absolute atomic E-state index is 12.8. The molecule has 1 saturated heterocycles. The van der Waals surface area contributed by atoms with Crippen molar-refractivity contribution in [2.75, 3.05) is 18.8 Å². The molecule has 0 saturated carbocycles. The van der Waals surface area contributed by atoms with Gasteiger partial charge in [0.2, 0.25) is 5.91 Å². The molecule has 0 radical (unpaired) electrons. The predicted octanol–water partition coefficient (Wildman–Crippen LogP) is 4.12. The average molecular weight is 434 g/mol. The molecule has 1 fully saturated rings. The van der Waals surface area contributed by atoms with Gasteiger partial charge < -0.3 is 15.7 Å². The number of anilines is 1. The minimum absolute atomic E-state index is 0.120. The van der Waals surface area contributed by atoms with E-state index >= 15 is 0 Å². The second kappa shape index (κ2) is 8.20. The van der Waals surface area contributed by atoms with E-state index < -0.39 is 17.5 Å². The zero-order valence-corrected chi connectivity index (χ0v) is 17.6. The Balaban J connectivity index is 1.70. The number of carbonyl (C=O) groups excluding carboxylic acids is 1. The fraction of sp³-hybridized carbons (Fsp3) is 0.409. The van der Waals surface area contributed by atoms with E-state index in [0.717, 1.165) is 12.1 Å². The summed E-state index contributed by atoms with van der Waals surface area (Å²) in [4.78, 5) is 22.6. The van der Waals surface area contributed by atoms with Crippen LogP contribution >= 0.6 is 0 Å². The van der Waals surface area contributed by atoms with Crippen molar-refractivity contribution in [3.8, 4) is 17.0 Å². The van der Waals surface area contributed by atoms with E-state index in [0.29, 0.717) is 31.1 Å². The van der Waals surface area contributed by atoms with Gasteiger partial charge in [-0.1, -0.05) is 0 Å². The van der Waals surface area contributed by atoms with Crippen LogP contribution in [0, 0.1) is 5.92 Å². The highest BCUT2D eigenvalue weighted by molar-refractivity contribution is 5.87. The number of nitrogens with zero attached hydrogens (tertiary/aromatic N) is 3. The van der Waals surface area contributed by atoms with Crippen molar-refractivity contribution in [3.63, 3.8) is 0 Å². The number of alkyl halides is 3. The monoisotopic (exact) mass is 434 g/mol. The third kappa shape index (κ3) is 5.15. The maximum Gasteiger partial charge on any atom is 0.416 e. The predicted molar refractivity (Wildman–Crippen MR) is 113 cm³/mol. The molecule has 0 spiro atoms. The van der Waals surface area contributed by atoms with Crippen LogP contribution in [0.15, 0.2) is 35.3 Å². The lowest BCUT2D eigenvalue weighted by Crippen LogP contribution is -2.42. The van der Waals surface area contributed by atoms with Crippen molar-refractivity contribution in [2.45, 2.75) is 38.9 Å². The van der Waals surface area contributed by atoms with Gasteiger partial charge in [0.15, 0.2) is 0 Å². The normalized spacial score (nSPS) is 17.7. The van der Waals surface area contributed by atoms with Crippen LogP contribution in [0.5, 0.6) is 5.75 Å². The molecule has 1 aliphatic heterocycles. The first-order valence-corrected chi connectivity index (χ1v) is 9.83. The lowest BCUT2D eigenvalue weighted by molar-refractivity contribution is -0.137. The van der Waals surface area contributed by atoms with Crippen LogP contribution in [0.3, 0.4) is 0 Å². The van der Waals surface area contributed by atoms with Gasteiger partial charge in [0.1, 0.15) is 11.6 Å². The van der Waals surface area contributed by atoms with Gasteiger partial charge in [0, 0.05) is 48.3 Å². The summed E-state index contributed by atoms with van der Waals surface area (Å²) in [6.07, 6.45) is -2.52. The third-order valence-electron chi connectivity index (χ3n) is 5.17. The van der Waals surface area contributed by atoms with Crippen molar-refractivity contribution in [1.82, 2.24) is 9.88 Å². The van der Waals surface area contributed by atoms with Crippen LogP contribution in [0.2, 0.25) is 0 Å². The zero-order chi connectivity index (χ0) is 23.0. The van der Waals surface area contributed by atoms with Gasteiger partial charge in [-0.15, -0.1) is 0 Å². The van der Waals surface area contributed by atoms with E-state index in [4.69, 9.17) is 5.73 Å². The number of phenolic OH excluding ortho intramolecular Hbond substituents is 1. The molecule has 6 nitrogen and oxygen atoms in total. The second-order valence-electron chi connectivity index (χ2n) is 8.64. The first-order valence-electron chi connectivity index (χ1n) is 9.83. The van der Waals surface area contributed by atoms with E-state index in [9.17, 15) is 23.1 Å². The Morgan fingerprint density at radius 1 is 1.26 bits per heavy atom. The molecule has 1 aliphatic rings. The largest absolute Gasteiger partial charge is 0.507 e. The summed E-state index contributed by atoms with van der Waals surface area (Å²) in [5.41, 5.74) is 5.76. The number of rotatable bonds is 4. The molecule has 3 N–H and O–H groups in total. The molecule has 2 aromatic rings. The van der Waals surface area contributed by atoms with E-state index in [2.05, 4.69) is 9.98 Å². The molecule has 1 atom stereocenters. The van der Waals surface area contributed by atoms with Crippen molar-refractivity contribution in [1.29, 1.82) is 0 Å². The number of pyridine rings is 1. The Kier molecular flexibility index (Phi) is 5.98. The SMILES string of the molecule is CC(C)(C)N1CC(CN=Cc2ccc(-c3ccc(C(F)(F)F)cc3O)nc2N)CC1=O. The third-order valence-corrected chi connectivity index (χ3v) is 5.17. The number of amides is 1. The number of nitrogen functional groups attached to an aromatic ring is 1. The van der Waals surface area contributed by atoms with E-state index in [1.54, 1.807) is 18.3 Å². The number of carbonyl (C=O) groups is 1. The lowest BCUT2D eigenvalue weighted by atomic mass is 10.1. The maximum atomic E-state index is 12.8. The molecule has 0 aliphatic carbocycles. The molecule has 166 valence electrons. The van der Waals surface area contributed by atoms with Crippen LogP contribution < -0.4 is 5.73 Å². The molecule has 1 aromatic carbocycles. The summed E-state index contributed by atoms with van der Waals surface area (Å²) in [6, 6.07) is 5.89. The summed E-state index contributed by atoms with van der Waals surface area (Å²) < 4.78 is 38.3. The van der Waals surface area contributed by atoms with E-state index in [1.165, 1.54) is 0 Å². The fourth-order valence-corrected chi connectivity index (χ4v) is 3.52. The van der Waals surface area contributed by atoms with Crippen LogP contribution in [-0.2, 0) is 11.0 Å². The summed E-state index contributed by atoms with van der Waals surface area (Å²) in [7, 11) is 0. The molecule has 31 heavy (non-hydrogen) atoms. The first kappa shape index (κ1) is 22.6. The number of aromatic nitrogens is 1.